The number of hydrogen-bond donors (Lipinski definition) is 2. The first-order chi connectivity index (χ1) is 12.4. The number of hydrogen-bond acceptors (Lipinski definition) is 3. The van der Waals surface area contributed by atoms with Crippen LogP contribution in [0.5, 0.6) is 0 Å². The minimum absolute atomic E-state index is 0.0150. The third-order valence-corrected chi connectivity index (χ3v) is 5.09. The van der Waals surface area contributed by atoms with Gasteiger partial charge in [-0.3, -0.25) is 9.59 Å². The molecule has 1 aromatic heterocycles. The van der Waals surface area contributed by atoms with Gasteiger partial charge in [0.1, 0.15) is 11.6 Å². The first-order valence-corrected chi connectivity index (χ1v) is 9.05. The molecule has 0 spiro atoms. The number of rotatable bonds is 5. The Morgan fingerprint density at radius 2 is 1.92 bits per heavy atom. The molecule has 26 heavy (non-hydrogen) atoms. The lowest BCUT2D eigenvalue weighted by molar-refractivity contribution is -0.121. The lowest BCUT2D eigenvalue weighted by atomic mass is 9.91. The molecule has 5 nitrogen and oxygen atoms in total. The molecule has 1 heterocycles. The summed E-state index contributed by atoms with van der Waals surface area (Å²) in [5.41, 5.74) is 1.58. The standard InChI is InChI=1S/C20H24FN3O2/c1-12-17(20(26)23-13(2)22-12)11-18(25)24-19(14-5-3-4-6-14)15-7-9-16(21)10-8-15/h7-10,14,19H,3-6,11H2,1-2H3,(H,24,25)(H,22,23,26)/t19-/m0/s1. The number of aryl methyl sites for hydroxylation is 2. The highest BCUT2D eigenvalue weighted by Gasteiger charge is 2.28. The minimum atomic E-state index is -0.293. The third kappa shape index (κ3) is 4.18. The van der Waals surface area contributed by atoms with Gasteiger partial charge in [-0.1, -0.05) is 25.0 Å². The second kappa shape index (κ2) is 7.81. The number of halogens is 1. The zero-order chi connectivity index (χ0) is 18.7. The van der Waals surface area contributed by atoms with E-state index in [-0.39, 0.29) is 29.7 Å². The molecule has 1 aliphatic carbocycles. The monoisotopic (exact) mass is 357 g/mol. The number of carbonyl (C=O) groups is 1. The van der Waals surface area contributed by atoms with E-state index in [0.29, 0.717) is 23.0 Å². The van der Waals surface area contributed by atoms with E-state index in [0.717, 1.165) is 31.2 Å². The van der Waals surface area contributed by atoms with E-state index >= 15 is 0 Å². The summed E-state index contributed by atoms with van der Waals surface area (Å²) in [7, 11) is 0. The number of benzene rings is 1. The molecule has 1 atom stereocenters. The molecule has 0 aliphatic heterocycles. The van der Waals surface area contributed by atoms with Crippen LogP contribution in [-0.2, 0) is 11.2 Å². The van der Waals surface area contributed by atoms with Gasteiger partial charge in [0.25, 0.3) is 5.56 Å². The quantitative estimate of drug-likeness (QED) is 0.863. The second-order valence-corrected chi connectivity index (χ2v) is 7.03. The summed E-state index contributed by atoms with van der Waals surface area (Å²) in [6.07, 6.45) is 4.33. The van der Waals surface area contributed by atoms with E-state index in [1.165, 1.54) is 12.1 Å². The lowest BCUT2D eigenvalue weighted by Gasteiger charge is -2.25. The summed E-state index contributed by atoms with van der Waals surface area (Å²) in [4.78, 5) is 31.6. The predicted molar refractivity (Wildman–Crippen MR) is 97.3 cm³/mol. The number of aromatic nitrogens is 2. The highest BCUT2D eigenvalue weighted by atomic mass is 19.1. The molecule has 0 bridgehead atoms. The normalized spacial score (nSPS) is 15.8. The highest BCUT2D eigenvalue weighted by molar-refractivity contribution is 5.79. The van der Waals surface area contributed by atoms with E-state index in [1.807, 2.05) is 0 Å². The zero-order valence-corrected chi connectivity index (χ0v) is 15.1. The highest BCUT2D eigenvalue weighted by Crippen LogP contribution is 2.35. The van der Waals surface area contributed by atoms with Crippen LogP contribution in [-0.4, -0.2) is 15.9 Å². The summed E-state index contributed by atoms with van der Waals surface area (Å²) < 4.78 is 13.3. The van der Waals surface area contributed by atoms with E-state index in [4.69, 9.17) is 0 Å². The maximum Gasteiger partial charge on any atom is 0.254 e. The molecule has 0 unspecified atom stereocenters. The van der Waals surface area contributed by atoms with Gasteiger partial charge in [0, 0.05) is 11.3 Å². The van der Waals surface area contributed by atoms with Gasteiger partial charge < -0.3 is 10.3 Å². The first-order valence-electron chi connectivity index (χ1n) is 9.05. The molecular formula is C20H24FN3O2. The number of aromatic amines is 1. The van der Waals surface area contributed by atoms with Crippen molar-refractivity contribution in [2.45, 2.75) is 52.0 Å². The van der Waals surface area contributed by atoms with Crippen molar-refractivity contribution < 1.29 is 9.18 Å². The summed E-state index contributed by atoms with van der Waals surface area (Å²) in [6.45, 7) is 3.45. The molecule has 0 saturated heterocycles. The van der Waals surface area contributed by atoms with E-state index in [1.54, 1.807) is 26.0 Å². The maximum atomic E-state index is 13.3. The Morgan fingerprint density at radius 1 is 1.27 bits per heavy atom. The Bertz CT molecular complexity index is 839. The van der Waals surface area contributed by atoms with Crippen LogP contribution in [0, 0.1) is 25.6 Å². The summed E-state index contributed by atoms with van der Waals surface area (Å²) in [5.74, 6) is 0.357. The van der Waals surface area contributed by atoms with Gasteiger partial charge in [-0.05, 0) is 50.3 Å². The van der Waals surface area contributed by atoms with Gasteiger partial charge >= 0.3 is 0 Å². The number of carbonyl (C=O) groups excluding carboxylic acids is 1. The Hall–Kier alpha value is -2.50. The SMILES string of the molecule is Cc1nc(C)c(CC(=O)N[C@H](c2ccc(F)cc2)C2CCCC2)c(=O)[nH]1. The van der Waals surface area contributed by atoms with Crippen molar-refractivity contribution in [2.24, 2.45) is 5.92 Å². The fraction of sp³-hybridized carbons (Fsp3) is 0.450. The van der Waals surface area contributed by atoms with Crippen LogP contribution in [0.1, 0.15) is 54.4 Å². The van der Waals surface area contributed by atoms with Crippen molar-refractivity contribution in [1.82, 2.24) is 15.3 Å². The maximum absolute atomic E-state index is 13.3. The van der Waals surface area contributed by atoms with Crippen LogP contribution in [0.3, 0.4) is 0 Å². The first kappa shape index (κ1) is 18.3. The molecule has 1 aromatic carbocycles. The van der Waals surface area contributed by atoms with Gasteiger partial charge in [-0.2, -0.15) is 0 Å². The zero-order valence-electron chi connectivity index (χ0n) is 15.1. The van der Waals surface area contributed by atoms with E-state index < -0.39 is 0 Å². The Labute approximate surface area is 152 Å². The average molecular weight is 357 g/mol. The number of nitrogens with one attached hydrogen (secondary N) is 2. The van der Waals surface area contributed by atoms with Crippen molar-refractivity contribution in [3.8, 4) is 0 Å². The molecule has 0 radical (unpaired) electrons. The van der Waals surface area contributed by atoms with Gasteiger partial charge in [0.15, 0.2) is 0 Å². The van der Waals surface area contributed by atoms with Crippen molar-refractivity contribution in [3.05, 3.63) is 63.1 Å². The number of H-pyrrole nitrogens is 1. The largest absolute Gasteiger partial charge is 0.349 e. The fourth-order valence-electron chi connectivity index (χ4n) is 3.78. The summed E-state index contributed by atoms with van der Waals surface area (Å²) in [5, 5.41) is 3.07. The minimum Gasteiger partial charge on any atom is -0.349 e. The molecule has 3 rings (SSSR count). The van der Waals surface area contributed by atoms with Gasteiger partial charge in [-0.15, -0.1) is 0 Å². The molecule has 2 N–H and O–H groups in total. The predicted octanol–water partition coefficient (Wildman–Crippen LogP) is 3.12. The van der Waals surface area contributed by atoms with E-state index in [9.17, 15) is 14.0 Å². The fourth-order valence-corrected chi connectivity index (χ4v) is 3.78. The topological polar surface area (TPSA) is 74.8 Å². The Kier molecular flexibility index (Phi) is 5.49. The molecule has 6 heteroatoms. The van der Waals surface area contributed by atoms with Gasteiger partial charge in [-0.25, -0.2) is 9.37 Å². The smallest absolute Gasteiger partial charge is 0.254 e. The van der Waals surface area contributed by atoms with Crippen LogP contribution in [0.25, 0.3) is 0 Å². The molecule has 1 fully saturated rings. The Morgan fingerprint density at radius 3 is 2.54 bits per heavy atom. The lowest BCUT2D eigenvalue weighted by Crippen LogP contribution is -2.35. The molecule has 138 valence electrons. The number of amides is 1. The van der Waals surface area contributed by atoms with E-state index in [2.05, 4.69) is 15.3 Å². The molecular weight excluding hydrogens is 333 g/mol. The molecule has 1 saturated carbocycles. The summed E-state index contributed by atoms with van der Waals surface area (Å²) >= 11 is 0. The van der Waals surface area contributed by atoms with Crippen molar-refractivity contribution in [1.29, 1.82) is 0 Å². The third-order valence-electron chi connectivity index (χ3n) is 5.09. The van der Waals surface area contributed by atoms with Crippen LogP contribution < -0.4 is 10.9 Å². The van der Waals surface area contributed by atoms with Gasteiger partial charge in [0.05, 0.1) is 12.5 Å². The van der Waals surface area contributed by atoms with Crippen LogP contribution in [0.15, 0.2) is 29.1 Å². The average Bonchev–Trinajstić information content (AvgIpc) is 3.11. The van der Waals surface area contributed by atoms with Crippen molar-refractivity contribution >= 4 is 5.91 Å². The van der Waals surface area contributed by atoms with Gasteiger partial charge in [0.2, 0.25) is 5.91 Å². The van der Waals surface area contributed by atoms with Crippen LogP contribution >= 0.6 is 0 Å². The van der Waals surface area contributed by atoms with Crippen LogP contribution in [0.4, 0.5) is 4.39 Å². The molecule has 2 aromatic rings. The second-order valence-electron chi connectivity index (χ2n) is 7.03. The summed E-state index contributed by atoms with van der Waals surface area (Å²) in [6, 6.07) is 6.13. The van der Waals surface area contributed by atoms with Crippen LogP contribution in [0.2, 0.25) is 0 Å². The van der Waals surface area contributed by atoms with Crippen molar-refractivity contribution in [2.75, 3.05) is 0 Å². The Balaban J connectivity index is 1.79. The van der Waals surface area contributed by atoms with Crippen molar-refractivity contribution in [3.63, 3.8) is 0 Å². The molecule has 1 amide bonds. The number of nitrogens with zero attached hydrogens (tertiary/aromatic N) is 1. The molecule has 1 aliphatic rings.